The lowest BCUT2D eigenvalue weighted by Crippen LogP contribution is -1.99. The summed E-state index contributed by atoms with van der Waals surface area (Å²) in [6.45, 7) is 0. The van der Waals surface area contributed by atoms with Gasteiger partial charge in [-0.3, -0.25) is 0 Å². The maximum absolute atomic E-state index is 5.25. The van der Waals surface area contributed by atoms with Crippen LogP contribution in [0.2, 0.25) is 0 Å². The molecule has 1 aliphatic carbocycles. The molecule has 0 saturated carbocycles. The van der Waals surface area contributed by atoms with Crippen LogP contribution in [0, 0.1) is 0 Å². The Morgan fingerprint density at radius 1 is 0.511 bits per heavy atom. The third kappa shape index (κ3) is 4.35. The Labute approximate surface area is 264 Å². The first-order valence-corrected chi connectivity index (χ1v) is 16.0. The molecule has 0 N–H and O–H groups in total. The van der Waals surface area contributed by atoms with E-state index in [9.17, 15) is 0 Å². The van der Waals surface area contributed by atoms with Crippen molar-refractivity contribution in [1.82, 2.24) is 19.9 Å². The average molecular weight is 595 g/mol. The van der Waals surface area contributed by atoms with Gasteiger partial charge in [0.05, 0.1) is 22.4 Å². The molecule has 0 fully saturated rings. The number of hydrogen-bond donors (Lipinski definition) is 0. The molecule has 0 radical (unpaired) electrons. The molecule has 0 bridgehead atoms. The minimum absolute atomic E-state index is 0.731. The Balaban J connectivity index is 1.31. The number of para-hydroxylation sites is 2. The van der Waals surface area contributed by atoms with Gasteiger partial charge in [-0.1, -0.05) is 115 Å². The van der Waals surface area contributed by atoms with Gasteiger partial charge in [-0.05, 0) is 31.0 Å². The predicted molar refractivity (Wildman–Crippen MR) is 188 cm³/mol. The maximum atomic E-state index is 5.25. The minimum atomic E-state index is 0.731. The molecule has 5 aromatic carbocycles. The third-order valence-corrected chi connectivity index (χ3v) is 9.73. The van der Waals surface area contributed by atoms with Crippen LogP contribution in [-0.2, 0) is 0 Å². The van der Waals surface area contributed by atoms with Gasteiger partial charge < -0.3 is 0 Å². The fourth-order valence-corrected chi connectivity index (χ4v) is 7.66. The number of aromatic nitrogens is 4. The van der Waals surface area contributed by atoms with Crippen molar-refractivity contribution in [2.24, 2.45) is 0 Å². The Kier molecular flexibility index (Phi) is 6.10. The third-order valence-electron chi connectivity index (χ3n) is 8.52. The van der Waals surface area contributed by atoms with E-state index in [-0.39, 0.29) is 0 Å². The molecule has 1 aliphatic rings. The lowest BCUT2D eigenvalue weighted by Gasteiger charge is -2.12. The number of nitrogens with zero attached hydrogens (tertiary/aromatic N) is 4. The fourth-order valence-electron chi connectivity index (χ4n) is 6.42. The monoisotopic (exact) mass is 594 g/mol. The predicted octanol–water partition coefficient (Wildman–Crippen LogP) is 10.7. The van der Waals surface area contributed by atoms with Crippen LogP contribution >= 0.6 is 11.3 Å². The van der Waals surface area contributed by atoms with Crippen LogP contribution in [0.3, 0.4) is 0 Å². The zero-order valence-electron chi connectivity index (χ0n) is 24.3. The van der Waals surface area contributed by atoms with E-state index in [1.165, 1.54) is 20.2 Å². The molecule has 3 aromatic heterocycles. The number of fused-ring (bicyclic) bond motifs is 5. The van der Waals surface area contributed by atoms with Gasteiger partial charge in [0, 0.05) is 53.2 Å². The molecule has 0 saturated heterocycles. The van der Waals surface area contributed by atoms with Gasteiger partial charge in [0.1, 0.15) is 0 Å². The van der Waals surface area contributed by atoms with Crippen LogP contribution in [0.5, 0.6) is 0 Å². The summed E-state index contributed by atoms with van der Waals surface area (Å²) in [5, 5.41) is 4.51. The van der Waals surface area contributed by atoms with Gasteiger partial charge in [-0.25, -0.2) is 19.9 Å². The van der Waals surface area contributed by atoms with E-state index in [2.05, 4.69) is 109 Å². The summed E-state index contributed by atoms with van der Waals surface area (Å²) < 4.78 is 2.43. The second kappa shape index (κ2) is 10.6. The summed E-state index contributed by atoms with van der Waals surface area (Å²) in [5.41, 5.74) is 8.12. The number of thiophene rings is 1. The first-order chi connectivity index (χ1) is 22.3. The highest BCUT2D eigenvalue weighted by Gasteiger charge is 2.20. The Bertz CT molecular complexity index is 2490. The van der Waals surface area contributed by atoms with E-state index in [0.29, 0.717) is 0 Å². The first-order valence-electron chi connectivity index (χ1n) is 15.2. The van der Waals surface area contributed by atoms with Gasteiger partial charge in [-0.2, -0.15) is 0 Å². The van der Waals surface area contributed by atoms with Crippen molar-refractivity contribution in [1.29, 1.82) is 0 Å². The number of hydrogen-bond acceptors (Lipinski definition) is 5. The SMILES string of the molecule is C1=CC(c2nc(-c3cccc4sc5c(-c6nc(-c7ccccc7)nc7ccccc67)cccc5c34)c3ccccc3n2)=CCC1. The largest absolute Gasteiger partial charge is 0.228 e. The van der Waals surface area contributed by atoms with Gasteiger partial charge in [-0.15, -0.1) is 11.3 Å². The standard InChI is InChI=1S/C40H26N4S/c1-3-13-25(14-4-1)39-41-32-22-9-7-17-27(32)36(43-39)29-19-12-24-34-35(29)30-20-11-21-31(38(30)45-34)37-28-18-8-10-23-33(28)42-40(44-37)26-15-5-2-6-16-26/h2-3,5-24H,1,4H2. The maximum Gasteiger partial charge on any atom is 0.160 e. The van der Waals surface area contributed by atoms with E-state index < -0.39 is 0 Å². The van der Waals surface area contributed by atoms with Gasteiger partial charge in [0.15, 0.2) is 11.6 Å². The summed E-state index contributed by atoms with van der Waals surface area (Å²) in [6, 6.07) is 40.0. The highest BCUT2D eigenvalue weighted by molar-refractivity contribution is 7.26. The molecule has 4 nitrogen and oxygen atoms in total. The van der Waals surface area contributed by atoms with Crippen LogP contribution in [0.25, 0.3) is 81.5 Å². The molecular weight excluding hydrogens is 569 g/mol. The molecule has 0 atom stereocenters. The molecule has 8 aromatic rings. The minimum Gasteiger partial charge on any atom is -0.228 e. The zero-order chi connectivity index (χ0) is 29.7. The molecule has 45 heavy (non-hydrogen) atoms. The number of rotatable bonds is 4. The van der Waals surface area contributed by atoms with Crippen molar-refractivity contribution in [3.8, 4) is 33.9 Å². The van der Waals surface area contributed by atoms with Crippen LogP contribution in [-0.4, -0.2) is 19.9 Å². The average Bonchev–Trinajstić information content (AvgIpc) is 3.51. The summed E-state index contributed by atoms with van der Waals surface area (Å²) in [4.78, 5) is 20.4. The molecular formula is C40H26N4S. The molecule has 5 heteroatoms. The lowest BCUT2D eigenvalue weighted by atomic mass is 9.98. The molecule has 3 heterocycles. The summed E-state index contributed by atoms with van der Waals surface area (Å²) >= 11 is 1.81. The molecule has 0 spiro atoms. The van der Waals surface area contributed by atoms with Gasteiger partial charge in [0.2, 0.25) is 0 Å². The molecule has 0 aliphatic heterocycles. The smallest absolute Gasteiger partial charge is 0.160 e. The van der Waals surface area contributed by atoms with E-state index >= 15 is 0 Å². The van der Waals surface area contributed by atoms with Crippen LogP contribution in [0.4, 0.5) is 0 Å². The second-order valence-corrected chi connectivity index (χ2v) is 12.3. The van der Waals surface area contributed by atoms with Gasteiger partial charge >= 0.3 is 0 Å². The molecule has 212 valence electrons. The highest BCUT2D eigenvalue weighted by atomic mass is 32.1. The van der Waals surface area contributed by atoms with E-state index in [1.807, 2.05) is 35.6 Å². The number of benzene rings is 5. The summed E-state index contributed by atoms with van der Waals surface area (Å²) in [5.74, 6) is 1.51. The molecule has 0 unspecified atom stereocenters. The van der Waals surface area contributed by atoms with E-state index in [1.54, 1.807) is 0 Å². The fraction of sp³-hybridized carbons (Fsp3) is 0.0500. The Morgan fingerprint density at radius 3 is 1.93 bits per heavy atom. The normalized spacial score (nSPS) is 13.2. The van der Waals surface area contributed by atoms with E-state index in [0.717, 1.165) is 79.9 Å². The number of allylic oxidation sites excluding steroid dienone is 4. The topological polar surface area (TPSA) is 51.6 Å². The van der Waals surface area contributed by atoms with Crippen molar-refractivity contribution in [3.05, 3.63) is 139 Å². The van der Waals surface area contributed by atoms with Crippen LogP contribution in [0.15, 0.2) is 133 Å². The van der Waals surface area contributed by atoms with Crippen molar-refractivity contribution >= 4 is 58.9 Å². The molecule has 0 amide bonds. The Morgan fingerprint density at radius 2 is 1.16 bits per heavy atom. The quantitative estimate of drug-likeness (QED) is 0.203. The Hall–Kier alpha value is -5.52. The van der Waals surface area contributed by atoms with Crippen molar-refractivity contribution in [2.75, 3.05) is 0 Å². The summed E-state index contributed by atoms with van der Waals surface area (Å²) in [7, 11) is 0. The highest BCUT2D eigenvalue weighted by Crippen LogP contribution is 2.45. The van der Waals surface area contributed by atoms with Gasteiger partial charge in [0.25, 0.3) is 0 Å². The lowest BCUT2D eigenvalue weighted by molar-refractivity contribution is 1.03. The van der Waals surface area contributed by atoms with Crippen LogP contribution < -0.4 is 0 Å². The van der Waals surface area contributed by atoms with Crippen LogP contribution in [0.1, 0.15) is 18.7 Å². The zero-order valence-corrected chi connectivity index (χ0v) is 25.1. The first kappa shape index (κ1) is 25.9. The van der Waals surface area contributed by atoms with Crippen molar-refractivity contribution < 1.29 is 0 Å². The van der Waals surface area contributed by atoms with Crippen molar-refractivity contribution in [2.45, 2.75) is 12.8 Å². The van der Waals surface area contributed by atoms with E-state index in [4.69, 9.17) is 19.9 Å². The molecule has 9 rings (SSSR count). The second-order valence-electron chi connectivity index (χ2n) is 11.3. The summed E-state index contributed by atoms with van der Waals surface area (Å²) in [6.07, 6.45) is 8.67. The van der Waals surface area contributed by atoms with Crippen molar-refractivity contribution in [3.63, 3.8) is 0 Å².